The highest BCUT2D eigenvalue weighted by molar-refractivity contribution is 4.94. The molecule has 16 heavy (non-hydrogen) atoms. The first kappa shape index (κ1) is 13.4. The molecule has 2 unspecified atom stereocenters. The molecule has 1 fully saturated rings. The van der Waals surface area contributed by atoms with Crippen molar-refractivity contribution in [3.05, 3.63) is 0 Å². The maximum Gasteiger partial charge on any atom is 0.108 e. The van der Waals surface area contributed by atoms with Gasteiger partial charge in [0.25, 0.3) is 0 Å². The van der Waals surface area contributed by atoms with Crippen LogP contribution in [0.4, 0.5) is 0 Å². The standard InChI is InChI=1S/C12H23N3O/c1-5-14-11(6-13)8-15-7-10(2)16-12(3,4)9-15/h10-11,14H,5,7-9H2,1-4H3. The molecule has 1 aliphatic heterocycles. The van der Waals surface area contributed by atoms with Crippen molar-refractivity contribution >= 4 is 0 Å². The lowest BCUT2D eigenvalue weighted by Gasteiger charge is -2.42. The van der Waals surface area contributed by atoms with Crippen molar-refractivity contribution in [3.8, 4) is 6.07 Å². The molecule has 4 nitrogen and oxygen atoms in total. The van der Waals surface area contributed by atoms with Crippen molar-refractivity contribution in [2.24, 2.45) is 0 Å². The summed E-state index contributed by atoms with van der Waals surface area (Å²) < 4.78 is 5.83. The minimum absolute atomic E-state index is 0.0777. The highest BCUT2D eigenvalue weighted by atomic mass is 16.5. The van der Waals surface area contributed by atoms with Crippen molar-refractivity contribution < 1.29 is 4.74 Å². The lowest BCUT2D eigenvalue weighted by Crippen LogP contribution is -2.54. The Morgan fingerprint density at radius 1 is 1.62 bits per heavy atom. The van der Waals surface area contributed by atoms with E-state index in [-0.39, 0.29) is 17.7 Å². The summed E-state index contributed by atoms with van der Waals surface area (Å²) in [5, 5.41) is 12.2. The van der Waals surface area contributed by atoms with Crippen LogP contribution in [0.15, 0.2) is 0 Å². The van der Waals surface area contributed by atoms with Gasteiger partial charge < -0.3 is 10.1 Å². The third-order valence-corrected chi connectivity index (χ3v) is 2.69. The zero-order valence-corrected chi connectivity index (χ0v) is 10.8. The number of nitriles is 1. The fraction of sp³-hybridized carbons (Fsp3) is 0.917. The molecule has 92 valence electrons. The van der Waals surface area contributed by atoms with Gasteiger partial charge >= 0.3 is 0 Å². The van der Waals surface area contributed by atoms with Crippen LogP contribution in [0.2, 0.25) is 0 Å². The minimum atomic E-state index is -0.107. The van der Waals surface area contributed by atoms with E-state index in [1.54, 1.807) is 0 Å². The van der Waals surface area contributed by atoms with Gasteiger partial charge in [-0.25, -0.2) is 0 Å². The van der Waals surface area contributed by atoms with Crippen LogP contribution in [-0.4, -0.2) is 48.8 Å². The number of likely N-dealkylation sites (N-methyl/N-ethyl adjacent to an activating group) is 1. The van der Waals surface area contributed by atoms with Gasteiger partial charge in [0.15, 0.2) is 0 Å². The lowest BCUT2D eigenvalue weighted by atomic mass is 10.0. The number of nitrogens with zero attached hydrogens (tertiary/aromatic N) is 2. The quantitative estimate of drug-likeness (QED) is 0.775. The van der Waals surface area contributed by atoms with E-state index in [2.05, 4.69) is 37.1 Å². The van der Waals surface area contributed by atoms with Gasteiger partial charge in [0.1, 0.15) is 6.04 Å². The predicted octanol–water partition coefficient (Wildman–Crippen LogP) is 0.987. The molecule has 1 rings (SSSR count). The molecule has 4 heteroatoms. The summed E-state index contributed by atoms with van der Waals surface area (Å²) in [6.07, 6.45) is 0.240. The molecule has 0 aromatic heterocycles. The highest BCUT2D eigenvalue weighted by Gasteiger charge is 2.31. The molecule has 0 aliphatic carbocycles. The molecular formula is C12H23N3O. The summed E-state index contributed by atoms with van der Waals surface area (Å²) >= 11 is 0. The summed E-state index contributed by atoms with van der Waals surface area (Å²) in [5.41, 5.74) is -0.107. The molecule has 1 saturated heterocycles. The van der Waals surface area contributed by atoms with Crippen LogP contribution in [0.5, 0.6) is 0 Å². The predicted molar refractivity (Wildman–Crippen MR) is 64.1 cm³/mol. The minimum Gasteiger partial charge on any atom is -0.370 e. The first-order valence-corrected chi connectivity index (χ1v) is 6.00. The molecule has 2 atom stereocenters. The SMILES string of the molecule is CCNC(C#N)CN1CC(C)OC(C)(C)C1. The smallest absolute Gasteiger partial charge is 0.108 e. The fourth-order valence-electron chi connectivity index (χ4n) is 2.38. The zero-order chi connectivity index (χ0) is 12.2. The van der Waals surface area contributed by atoms with Gasteiger partial charge in [-0.15, -0.1) is 0 Å². The third-order valence-electron chi connectivity index (χ3n) is 2.69. The summed E-state index contributed by atoms with van der Waals surface area (Å²) in [7, 11) is 0. The summed E-state index contributed by atoms with van der Waals surface area (Å²) in [6.45, 7) is 11.7. The van der Waals surface area contributed by atoms with Crippen molar-refractivity contribution in [1.82, 2.24) is 10.2 Å². The van der Waals surface area contributed by atoms with Crippen LogP contribution in [0.3, 0.4) is 0 Å². The van der Waals surface area contributed by atoms with Gasteiger partial charge in [0.2, 0.25) is 0 Å². The molecule has 0 saturated carbocycles. The molecule has 0 amide bonds. The monoisotopic (exact) mass is 225 g/mol. The Morgan fingerprint density at radius 2 is 2.31 bits per heavy atom. The van der Waals surface area contributed by atoms with Crippen LogP contribution < -0.4 is 5.32 Å². The number of ether oxygens (including phenoxy) is 1. The Morgan fingerprint density at radius 3 is 2.81 bits per heavy atom. The van der Waals surface area contributed by atoms with Crippen LogP contribution in [0.1, 0.15) is 27.7 Å². The van der Waals surface area contributed by atoms with Crippen LogP contribution in [0, 0.1) is 11.3 Å². The van der Waals surface area contributed by atoms with Gasteiger partial charge in [0, 0.05) is 19.6 Å². The van der Waals surface area contributed by atoms with Gasteiger partial charge in [-0.1, -0.05) is 6.92 Å². The second kappa shape index (κ2) is 5.62. The Bertz CT molecular complexity index is 259. The van der Waals surface area contributed by atoms with Crippen LogP contribution in [0.25, 0.3) is 0 Å². The molecule has 0 bridgehead atoms. The highest BCUT2D eigenvalue weighted by Crippen LogP contribution is 2.20. The van der Waals surface area contributed by atoms with E-state index >= 15 is 0 Å². The van der Waals surface area contributed by atoms with E-state index in [0.29, 0.717) is 0 Å². The topological polar surface area (TPSA) is 48.3 Å². The maximum absolute atomic E-state index is 9.01. The van der Waals surface area contributed by atoms with E-state index in [1.165, 1.54) is 0 Å². The molecule has 1 N–H and O–H groups in total. The molecule has 1 heterocycles. The molecule has 0 spiro atoms. The average molecular weight is 225 g/mol. The van der Waals surface area contributed by atoms with Crippen molar-refractivity contribution in [1.29, 1.82) is 5.26 Å². The number of hydrogen-bond donors (Lipinski definition) is 1. The van der Waals surface area contributed by atoms with E-state index in [4.69, 9.17) is 10.00 Å². The Kier molecular flexibility index (Phi) is 4.72. The molecular weight excluding hydrogens is 202 g/mol. The first-order valence-electron chi connectivity index (χ1n) is 6.00. The second-order valence-corrected chi connectivity index (χ2v) is 5.12. The lowest BCUT2D eigenvalue weighted by molar-refractivity contribution is -0.129. The molecule has 0 aromatic rings. The average Bonchev–Trinajstić information content (AvgIpc) is 2.13. The molecule has 1 aliphatic rings. The Hall–Kier alpha value is -0.630. The fourth-order valence-corrected chi connectivity index (χ4v) is 2.38. The zero-order valence-electron chi connectivity index (χ0n) is 10.8. The first-order chi connectivity index (χ1) is 7.46. The van der Waals surface area contributed by atoms with E-state index in [0.717, 1.165) is 26.2 Å². The molecule has 0 radical (unpaired) electrons. The second-order valence-electron chi connectivity index (χ2n) is 5.12. The van der Waals surface area contributed by atoms with E-state index < -0.39 is 0 Å². The third kappa shape index (κ3) is 4.09. The largest absolute Gasteiger partial charge is 0.370 e. The summed E-state index contributed by atoms with van der Waals surface area (Å²) in [5.74, 6) is 0. The van der Waals surface area contributed by atoms with Gasteiger partial charge in [-0.2, -0.15) is 5.26 Å². The van der Waals surface area contributed by atoms with E-state index in [9.17, 15) is 0 Å². The normalized spacial score (nSPS) is 27.3. The number of nitrogens with one attached hydrogen (secondary N) is 1. The van der Waals surface area contributed by atoms with Crippen molar-refractivity contribution in [2.45, 2.75) is 45.4 Å². The van der Waals surface area contributed by atoms with Crippen molar-refractivity contribution in [3.63, 3.8) is 0 Å². The molecule has 0 aromatic carbocycles. The number of morpholine rings is 1. The number of rotatable bonds is 4. The van der Waals surface area contributed by atoms with Crippen LogP contribution >= 0.6 is 0 Å². The van der Waals surface area contributed by atoms with E-state index in [1.807, 2.05) is 6.92 Å². The Labute approximate surface area is 98.6 Å². The summed E-state index contributed by atoms with van der Waals surface area (Å²) in [6, 6.07) is 2.22. The van der Waals surface area contributed by atoms with Crippen molar-refractivity contribution in [2.75, 3.05) is 26.2 Å². The van der Waals surface area contributed by atoms with Gasteiger partial charge in [-0.3, -0.25) is 4.90 Å². The van der Waals surface area contributed by atoms with Gasteiger partial charge in [-0.05, 0) is 27.3 Å². The Balaban J connectivity index is 2.50. The summed E-state index contributed by atoms with van der Waals surface area (Å²) in [4.78, 5) is 2.31. The van der Waals surface area contributed by atoms with Gasteiger partial charge in [0.05, 0.1) is 17.8 Å². The van der Waals surface area contributed by atoms with Crippen LogP contribution in [-0.2, 0) is 4.74 Å². The maximum atomic E-state index is 9.01. The number of hydrogen-bond acceptors (Lipinski definition) is 4.